The van der Waals surface area contributed by atoms with E-state index in [0.717, 1.165) is 140 Å². The number of H-pyrrole nitrogens is 2. The summed E-state index contributed by atoms with van der Waals surface area (Å²) in [6, 6.07) is 0. The standard InChI is InChI=1S/C36H34N8O4S8/c1-5-13-33(45-9-1)53-21-17(49-13)25-37-26-18-23(55-35-14(50-18)6-2-11-47-35)31(39-26)44-32-24-20(52-16-8-4-12-48-36(16)56-24)28(43-32)42-30-22-19(27(41-30)40-29(21)38-25)51-15-7-3-10-46-34(15)54-22/h13-16,33-36H,1-12H2,(H2,37,38,39,40,41,42,43,44). The highest BCUT2D eigenvalue weighted by molar-refractivity contribution is 8.18. The number of fused-ring (bicyclic) bond motifs is 22. The molecule has 56 heavy (non-hydrogen) atoms. The van der Waals surface area contributed by atoms with Crippen LogP contribution in [-0.4, -0.2) is 109 Å². The summed E-state index contributed by atoms with van der Waals surface area (Å²) in [5.74, 6) is 2.67. The Kier molecular flexibility index (Phi) is 9.10. The Morgan fingerprint density at radius 1 is 0.357 bits per heavy atom. The summed E-state index contributed by atoms with van der Waals surface area (Å²) < 4.78 is 25.4. The van der Waals surface area contributed by atoms with Gasteiger partial charge in [-0.2, -0.15) is 0 Å². The van der Waals surface area contributed by atoms with Gasteiger partial charge in [0.1, 0.15) is 44.3 Å². The Balaban J connectivity index is 1.09. The third-order valence-corrected chi connectivity index (χ3v) is 23.3. The fourth-order valence-electron chi connectivity index (χ4n) is 8.47. The zero-order valence-corrected chi connectivity index (χ0v) is 36.2. The monoisotopic (exact) mass is 898 g/mol. The van der Waals surface area contributed by atoms with E-state index in [4.69, 9.17) is 48.9 Å². The molecule has 8 unspecified atom stereocenters. The van der Waals surface area contributed by atoms with Gasteiger partial charge in [0, 0.05) is 47.4 Å². The van der Waals surface area contributed by atoms with Crippen LogP contribution in [0.4, 0.5) is 0 Å². The first kappa shape index (κ1) is 35.7. The van der Waals surface area contributed by atoms with Gasteiger partial charge in [-0.25, -0.2) is 29.9 Å². The second kappa shape index (κ2) is 14.3. The molecular formula is C36H34N8O4S8. The predicted molar refractivity (Wildman–Crippen MR) is 231 cm³/mol. The topological polar surface area (TPSA) is 146 Å². The quantitative estimate of drug-likeness (QED) is 0.221. The molecule has 10 aliphatic rings. The van der Waals surface area contributed by atoms with Gasteiger partial charge in [-0.3, -0.25) is 0 Å². The van der Waals surface area contributed by atoms with Crippen LogP contribution in [0.1, 0.15) is 74.7 Å². The van der Waals surface area contributed by atoms with Crippen LogP contribution < -0.4 is 0 Å². The predicted octanol–water partition coefficient (Wildman–Crippen LogP) is 8.92. The maximum atomic E-state index is 6.35. The lowest BCUT2D eigenvalue weighted by atomic mass is 10.2. The molecule has 3 aromatic rings. The fraction of sp³-hybridized carbons (Fsp3) is 0.556. The minimum absolute atomic E-state index is 0.0493. The molecule has 0 amide bonds. The lowest BCUT2D eigenvalue weighted by molar-refractivity contribution is 0.0770. The highest BCUT2D eigenvalue weighted by atomic mass is 32.2. The highest BCUT2D eigenvalue weighted by Crippen LogP contribution is 2.58. The van der Waals surface area contributed by atoms with E-state index in [1.807, 2.05) is 47.0 Å². The molecule has 10 aliphatic heterocycles. The van der Waals surface area contributed by atoms with Crippen LogP contribution in [0.25, 0.3) is 42.2 Å². The zero-order valence-electron chi connectivity index (χ0n) is 29.7. The maximum Gasteiger partial charge on any atom is 0.171 e. The maximum absolute atomic E-state index is 6.35. The van der Waals surface area contributed by atoms with Gasteiger partial charge in [0.25, 0.3) is 0 Å². The lowest BCUT2D eigenvalue weighted by Gasteiger charge is -2.34. The Hall–Kier alpha value is -1.04. The van der Waals surface area contributed by atoms with Crippen molar-refractivity contribution >= 4 is 136 Å². The molecule has 13 heterocycles. The van der Waals surface area contributed by atoms with E-state index in [9.17, 15) is 0 Å². The number of hydrogen-bond acceptors (Lipinski definition) is 18. The molecule has 0 aromatic carbocycles. The summed E-state index contributed by atoms with van der Waals surface area (Å²) in [6.45, 7) is 3.12. The normalized spacial score (nSPS) is 33.3. The molecule has 4 fully saturated rings. The van der Waals surface area contributed by atoms with E-state index >= 15 is 0 Å². The fourth-order valence-corrected chi connectivity index (χ4v) is 20.0. The van der Waals surface area contributed by atoms with Crippen LogP contribution in [0.5, 0.6) is 0 Å². The van der Waals surface area contributed by atoms with Gasteiger partial charge >= 0.3 is 0 Å². The second-order valence-electron chi connectivity index (χ2n) is 14.9. The SMILES string of the molecule is C1COC2SC3=C(SC2C1)c1nc3nc2nc(nc3[nH]c(nc4[nH]c(n1)c1c4SC4OCCCC4S1)c1c3SC3CCCOC3S1)C1=C2SC2CCCOC2S1. The van der Waals surface area contributed by atoms with Crippen LogP contribution >= 0.6 is 94.1 Å². The van der Waals surface area contributed by atoms with Crippen molar-refractivity contribution in [3.63, 3.8) is 0 Å². The van der Waals surface area contributed by atoms with Crippen molar-refractivity contribution in [3.05, 3.63) is 23.3 Å². The number of rotatable bonds is 0. The summed E-state index contributed by atoms with van der Waals surface area (Å²) in [4.78, 5) is 48.1. The molecule has 0 saturated carbocycles. The Bertz CT molecular complexity index is 2270. The molecule has 12 nitrogen and oxygen atoms in total. The van der Waals surface area contributed by atoms with Crippen LogP contribution in [-0.2, 0) is 18.9 Å². The number of nitrogens with zero attached hydrogens (tertiary/aromatic N) is 6. The molecule has 290 valence electrons. The first-order valence-electron chi connectivity index (χ1n) is 19.3. The van der Waals surface area contributed by atoms with Crippen molar-refractivity contribution in [3.8, 4) is 0 Å². The van der Waals surface area contributed by atoms with E-state index in [1.54, 1.807) is 47.0 Å². The van der Waals surface area contributed by atoms with E-state index in [2.05, 4.69) is 9.97 Å². The summed E-state index contributed by atoms with van der Waals surface area (Å²) in [5, 5.41) is 1.33. The molecule has 0 aliphatic carbocycles. The van der Waals surface area contributed by atoms with Gasteiger partial charge in [-0.15, -0.1) is 47.0 Å². The van der Waals surface area contributed by atoms with Gasteiger partial charge in [0.05, 0.1) is 39.2 Å². The summed E-state index contributed by atoms with van der Waals surface area (Å²) >= 11 is 14.5. The van der Waals surface area contributed by atoms with Gasteiger partial charge < -0.3 is 28.9 Å². The van der Waals surface area contributed by atoms with E-state index in [0.29, 0.717) is 44.3 Å². The minimum atomic E-state index is 0.0493. The van der Waals surface area contributed by atoms with Crippen molar-refractivity contribution in [2.75, 3.05) is 26.4 Å². The number of nitrogens with one attached hydrogen (secondary N) is 2. The Morgan fingerprint density at radius 3 is 1.11 bits per heavy atom. The number of thioether (sulfide) groups is 8. The lowest BCUT2D eigenvalue weighted by Crippen LogP contribution is -2.31. The molecule has 0 radical (unpaired) electrons. The number of hydrogen-bond donors (Lipinski definition) is 2. The first-order valence-corrected chi connectivity index (χ1v) is 26.3. The number of ether oxygens (including phenoxy) is 4. The number of aromatic nitrogens is 8. The molecule has 2 N–H and O–H groups in total. The molecular weight excluding hydrogens is 865 g/mol. The molecule has 8 bridgehead atoms. The molecule has 20 heteroatoms. The third-order valence-electron chi connectivity index (χ3n) is 11.2. The average Bonchev–Trinajstić information content (AvgIpc) is 3.95. The molecule has 4 saturated heterocycles. The highest BCUT2D eigenvalue weighted by Gasteiger charge is 2.44. The van der Waals surface area contributed by atoms with Gasteiger partial charge in [-0.1, -0.05) is 47.0 Å². The van der Waals surface area contributed by atoms with Crippen LogP contribution in [0.2, 0.25) is 0 Å². The van der Waals surface area contributed by atoms with E-state index < -0.39 is 0 Å². The van der Waals surface area contributed by atoms with Gasteiger partial charge in [-0.05, 0) is 51.4 Å². The first-order chi connectivity index (χ1) is 27.7. The van der Waals surface area contributed by atoms with Crippen molar-refractivity contribution < 1.29 is 18.9 Å². The summed E-state index contributed by atoms with van der Waals surface area (Å²) in [6.07, 6.45) is 8.63. The molecule has 0 spiro atoms. The van der Waals surface area contributed by atoms with Crippen LogP contribution in [0.15, 0.2) is 19.6 Å². The second-order valence-corrected chi connectivity index (χ2v) is 24.3. The molecule has 8 atom stereocenters. The van der Waals surface area contributed by atoms with Crippen molar-refractivity contribution in [2.45, 2.75) is 114 Å². The Labute approximate surface area is 355 Å². The molecule has 13 rings (SSSR count). The summed E-state index contributed by atoms with van der Waals surface area (Å²) in [5.41, 5.74) is 3.34. The molecule has 3 aromatic heterocycles. The van der Waals surface area contributed by atoms with E-state index in [1.165, 1.54) is 0 Å². The van der Waals surface area contributed by atoms with Crippen LogP contribution in [0, 0.1) is 0 Å². The van der Waals surface area contributed by atoms with Crippen molar-refractivity contribution in [2.24, 2.45) is 0 Å². The minimum Gasteiger partial charge on any atom is -0.366 e. The summed E-state index contributed by atoms with van der Waals surface area (Å²) in [7, 11) is 0. The van der Waals surface area contributed by atoms with Gasteiger partial charge in [0.2, 0.25) is 0 Å². The van der Waals surface area contributed by atoms with Crippen molar-refractivity contribution in [1.29, 1.82) is 0 Å². The third kappa shape index (κ3) is 5.95. The number of aromatic amines is 2. The van der Waals surface area contributed by atoms with Crippen LogP contribution in [0.3, 0.4) is 0 Å². The smallest absolute Gasteiger partial charge is 0.171 e. The zero-order chi connectivity index (χ0) is 36.5. The Morgan fingerprint density at radius 2 is 0.679 bits per heavy atom. The van der Waals surface area contributed by atoms with E-state index in [-0.39, 0.29) is 21.7 Å². The largest absolute Gasteiger partial charge is 0.366 e. The average molecular weight is 899 g/mol. The van der Waals surface area contributed by atoms with Crippen molar-refractivity contribution in [1.82, 2.24) is 39.9 Å². The van der Waals surface area contributed by atoms with Gasteiger partial charge in [0.15, 0.2) is 23.3 Å².